The van der Waals surface area contributed by atoms with Crippen LogP contribution in [0.15, 0.2) is 30.5 Å². The molecule has 6 nitrogen and oxygen atoms in total. The van der Waals surface area contributed by atoms with E-state index in [1.54, 1.807) is 6.20 Å². The van der Waals surface area contributed by atoms with Gasteiger partial charge < -0.3 is 15.0 Å². The lowest BCUT2D eigenvalue weighted by molar-refractivity contribution is 0.163. The minimum absolute atomic E-state index is 0.0884. The second kappa shape index (κ2) is 8.38. The van der Waals surface area contributed by atoms with Gasteiger partial charge in [0, 0.05) is 43.7 Å². The van der Waals surface area contributed by atoms with Gasteiger partial charge >= 0.3 is 0 Å². The van der Waals surface area contributed by atoms with Crippen LogP contribution in [0.2, 0.25) is 0 Å². The topological polar surface area (TPSA) is 63.2 Å². The van der Waals surface area contributed by atoms with Gasteiger partial charge in [0.2, 0.25) is 0 Å². The smallest absolute Gasteiger partial charge is 0.172 e. The largest absolute Gasteiger partial charge is 0.487 e. The molecule has 0 amide bonds. The van der Waals surface area contributed by atoms with Crippen LogP contribution in [-0.4, -0.2) is 40.2 Å². The second-order valence-corrected chi connectivity index (χ2v) is 7.89. The van der Waals surface area contributed by atoms with E-state index in [9.17, 15) is 8.78 Å². The minimum Gasteiger partial charge on any atom is -0.487 e. The fourth-order valence-electron chi connectivity index (χ4n) is 3.58. The highest BCUT2D eigenvalue weighted by atomic mass is 19.1. The summed E-state index contributed by atoms with van der Waals surface area (Å²) in [6.07, 6.45) is 3.01. The van der Waals surface area contributed by atoms with Crippen molar-refractivity contribution in [1.29, 1.82) is 0 Å². The molecule has 2 aromatic heterocycles. The number of ether oxygens (including phenoxy) is 1. The number of hydrogen-bond acceptors (Lipinski definition) is 6. The summed E-state index contributed by atoms with van der Waals surface area (Å²) in [5.74, 6) is 0.330. The fourth-order valence-corrected chi connectivity index (χ4v) is 3.58. The van der Waals surface area contributed by atoms with Gasteiger partial charge in [-0.2, -0.15) is 0 Å². The van der Waals surface area contributed by atoms with Crippen LogP contribution in [0.1, 0.15) is 32.4 Å². The highest BCUT2D eigenvalue weighted by Crippen LogP contribution is 2.29. The van der Waals surface area contributed by atoms with E-state index in [0.717, 1.165) is 34.4 Å². The van der Waals surface area contributed by atoms with Gasteiger partial charge in [-0.25, -0.2) is 18.7 Å². The fraction of sp³-hybridized carbons (Fsp3) is 0.409. The molecule has 0 radical (unpaired) electrons. The number of hydrogen-bond donors (Lipinski definition) is 1. The van der Waals surface area contributed by atoms with Gasteiger partial charge in [0.05, 0.1) is 11.7 Å². The second-order valence-electron chi connectivity index (χ2n) is 7.89. The lowest BCUT2D eigenvalue weighted by atomic mass is 10.1. The zero-order valence-electron chi connectivity index (χ0n) is 17.3. The molecule has 1 aliphatic heterocycles. The molecular formula is C22H25F2N5O. The van der Waals surface area contributed by atoms with Crippen molar-refractivity contribution in [3.8, 4) is 5.75 Å². The van der Waals surface area contributed by atoms with E-state index in [-0.39, 0.29) is 17.9 Å². The van der Waals surface area contributed by atoms with E-state index in [1.807, 2.05) is 13.0 Å². The molecule has 0 unspecified atom stereocenters. The van der Waals surface area contributed by atoms with Crippen molar-refractivity contribution in [2.75, 3.05) is 23.3 Å². The number of anilines is 2. The average molecular weight is 413 g/mol. The van der Waals surface area contributed by atoms with Crippen molar-refractivity contribution >= 4 is 22.7 Å². The van der Waals surface area contributed by atoms with E-state index in [2.05, 4.69) is 29.0 Å². The number of nitrogens with one attached hydrogen (secondary N) is 1. The Morgan fingerprint density at radius 3 is 2.57 bits per heavy atom. The van der Waals surface area contributed by atoms with Crippen molar-refractivity contribution in [3.05, 3.63) is 47.8 Å². The van der Waals surface area contributed by atoms with Crippen LogP contribution in [0.4, 0.5) is 20.4 Å². The number of fused-ring (bicyclic) bond motifs is 1. The van der Waals surface area contributed by atoms with Gasteiger partial charge in [0.25, 0.3) is 0 Å². The molecule has 8 heteroatoms. The Bertz CT molecular complexity index is 1050. The molecule has 30 heavy (non-hydrogen) atoms. The van der Waals surface area contributed by atoms with E-state index < -0.39 is 11.6 Å². The molecule has 0 bridgehead atoms. The van der Waals surface area contributed by atoms with Crippen molar-refractivity contribution in [1.82, 2.24) is 15.0 Å². The first kappa shape index (κ1) is 20.3. The predicted molar refractivity (Wildman–Crippen MR) is 113 cm³/mol. The summed E-state index contributed by atoms with van der Waals surface area (Å²) in [6.45, 7) is 7.44. The number of pyridine rings is 1. The zero-order chi connectivity index (χ0) is 21.3. The van der Waals surface area contributed by atoms with Crippen molar-refractivity contribution in [2.45, 2.75) is 45.8 Å². The molecule has 0 aliphatic carbocycles. The van der Waals surface area contributed by atoms with E-state index in [1.165, 1.54) is 12.1 Å². The SMILES string of the molecule is Cc1cc2nc(N3CCC(Oc4ccc(F)cc4F)CC3)c(NC(C)C)nc2cn1. The maximum Gasteiger partial charge on any atom is 0.172 e. The number of benzene rings is 1. The standard InChI is InChI=1S/C22H25F2N5O/c1-13(2)26-21-22(28-18-10-14(3)25-12-19(18)27-21)29-8-6-16(7-9-29)30-20-5-4-15(23)11-17(20)24/h4-5,10-13,16H,6-9H2,1-3H3,(H,26,27). The Morgan fingerprint density at radius 2 is 1.87 bits per heavy atom. The maximum absolute atomic E-state index is 13.9. The van der Waals surface area contributed by atoms with Crippen LogP contribution in [0, 0.1) is 18.6 Å². The number of nitrogens with zero attached hydrogens (tertiary/aromatic N) is 4. The van der Waals surface area contributed by atoms with Gasteiger partial charge in [-0.3, -0.25) is 4.98 Å². The maximum atomic E-state index is 13.9. The molecule has 0 atom stereocenters. The zero-order valence-corrected chi connectivity index (χ0v) is 17.3. The van der Waals surface area contributed by atoms with Crippen molar-refractivity contribution in [2.24, 2.45) is 0 Å². The Hall–Kier alpha value is -3.03. The van der Waals surface area contributed by atoms with Crippen molar-refractivity contribution < 1.29 is 13.5 Å². The minimum atomic E-state index is -0.676. The third kappa shape index (κ3) is 4.42. The van der Waals surface area contributed by atoms with Gasteiger partial charge in [-0.15, -0.1) is 0 Å². The summed E-state index contributed by atoms with van der Waals surface area (Å²) in [5.41, 5.74) is 2.44. The molecule has 1 aromatic carbocycles. The molecule has 4 rings (SSSR count). The van der Waals surface area contributed by atoms with Crippen molar-refractivity contribution in [3.63, 3.8) is 0 Å². The quantitative estimate of drug-likeness (QED) is 0.666. The summed E-state index contributed by atoms with van der Waals surface area (Å²) in [4.78, 5) is 16.1. The molecule has 1 aliphatic rings. The Kier molecular flexibility index (Phi) is 5.65. The highest BCUT2D eigenvalue weighted by molar-refractivity contribution is 5.80. The molecule has 0 spiro atoms. The van der Waals surface area contributed by atoms with Crippen LogP contribution in [-0.2, 0) is 0 Å². The Labute approximate surface area is 174 Å². The summed E-state index contributed by atoms with van der Waals surface area (Å²) in [5, 5.41) is 3.38. The lowest BCUT2D eigenvalue weighted by Gasteiger charge is -2.34. The number of halogens is 2. The molecule has 0 saturated carbocycles. The predicted octanol–water partition coefficient (Wildman–Crippen LogP) is 4.48. The molecule has 1 N–H and O–H groups in total. The molecule has 3 aromatic rings. The Balaban J connectivity index is 1.53. The summed E-state index contributed by atoms with van der Waals surface area (Å²) in [6, 6.07) is 5.52. The third-order valence-electron chi connectivity index (χ3n) is 5.02. The van der Waals surface area contributed by atoms with Gasteiger partial charge in [0.1, 0.15) is 17.4 Å². The van der Waals surface area contributed by atoms with Crippen LogP contribution >= 0.6 is 0 Å². The molecule has 1 fully saturated rings. The first-order chi connectivity index (χ1) is 14.4. The molecular weight excluding hydrogens is 388 g/mol. The third-order valence-corrected chi connectivity index (χ3v) is 5.02. The first-order valence-electron chi connectivity index (χ1n) is 10.2. The summed E-state index contributed by atoms with van der Waals surface area (Å²) < 4.78 is 32.8. The average Bonchev–Trinajstić information content (AvgIpc) is 2.70. The summed E-state index contributed by atoms with van der Waals surface area (Å²) >= 11 is 0. The normalized spacial score (nSPS) is 15.1. The molecule has 3 heterocycles. The van der Waals surface area contributed by atoms with E-state index in [0.29, 0.717) is 25.9 Å². The Morgan fingerprint density at radius 1 is 1.10 bits per heavy atom. The lowest BCUT2D eigenvalue weighted by Crippen LogP contribution is -2.39. The van der Waals surface area contributed by atoms with Gasteiger partial charge in [-0.1, -0.05) is 0 Å². The van der Waals surface area contributed by atoms with E-state index in [4.69, 9.17) is 14.7 Å². The number of rotatable bonds is 5. The number of aryl methyl sites for hydroxylation is 1. The highest BCUT2D eigenvalue weighted by Gasteiger charge is 2.25. The number of aromatic nitrogens is 3. The van der Waals surface area contributed by atoms with Gasteiger partial charge in [0.15, 0.2) is 23.2 Å². The summed E-state index contributed by atoms with van der Waals surface area (Å²) in [7, 11) is 0. The van der Waals surface area contributed by atoms with Crippen LogP contribution in [0.5, 0.6) is 5.75 Å². The first-order valence-corrected chi connectivity index (χ1v) is 10.2. The molecule has 158 valence electrons. The van der Waals surface area contributed by atoms with Crippen LogP contribution in [0.25, 0.3) is 11.0 Å². The molecule has 1 saturated heterocycles. The van der Waals surface area contributed by atoms with Crippen LogP contribution < -0.4 is 15.0 Å². The van der Waals surface area contributed by atoms with E-state index >= 15 is 0 Å². The van der Waals surface area contributed by atoms with Crippen LogP contribution in [0.3, 0.4) is 0 Å². The monoisotopic (exact) mass is 413 g/mol. The van der Waals surface area contributed by atoms with Gasteiger partial charge in [-0.05, 0) is 39.0 Å². The number of piperidine rings is 1.